The number of fused-ring (bicyclic) bond motifs is 3. The van der Waals surface area contributed by atoms with Gasteiger partial charge in [0.05, 0.1) is 11.5 Å². The smallest absolute Gasteiger partial charge is 0.339 e. The fourth-order valence-corrected chi connectivity index (χ4v) is 8.11. The minimum atomic E-state index is -5.02. The average Bonchev–Trinajstić information content (AvgIpc) is 3.22. The molecule has 0 bridgehead atoms. The summed E-state index contributed by atoms with van der Waals surface area (Å²) in [7, 11) is -3.10. The molecule has 37 heavy (non-hydrogen) atoms. The number of carbonyl (C=O) groups excluding carboxylic acids is 1. The number of hydrogen-bond donors (Lipinski definition) is 0. The Bertz CT molecular complexity index is 1280. The molecule has 9 heteroatoms. The van der Waals surface area contributed by atoms with Gasteiger partial charge in [-0.25, -0.2) is 12.8 Å². The summed E-state index contributed by atoms with van der Waals surface area (Å²) in [6, 6.07) is 13.9. The number of nitrogens with zero attached hydrogens (tertiary/aromatic N) is 1. The molecular formula is C28H31F4NO3S. The average molecular weight is 538 g/mol. The van der Waals surface area contributed by atoms with Crippen LogP contribution in [-0.4, -0.2) is 49.5 Å². The number of rotatable bonds is 4. The number of likely N-dealkylation sites (tertiary alicyclic amines) is 1. The molecule has 2 fully saturated rings. The molecule has 0 aromatic heterocycles. The first-order valence-corrected chi connectivity index (χ1v) is 14.6. The van der Waals surface area contributed by atoms with Crippen LogP contribution in [0.2, 0.25) is 0 Å². The van der Waals surface area contributed by atoms with E-state index in [4.69, 9.17) is 0 Å². The van der Waals surface area contributed by atoms with Gasteiger partial charge in [0.25, 0.3) is 0 Å². The molecule has 3 aliphatic rings. The minimum Gasteiger partial charge on any atom is -0.339 e. The predicted octanol–water partition coefficient (Wildman–Crippen LogP) is 5.29. The minimum absolute atomic E-state index is 0.0177. The third-order valence-corrected chi connectivity index (χ3v) is 10.5. The second-order valence-electron chi connectivity index (χ2n) is 11.0. The summed E-state index contributed by atoms with van der Waals surface area (Å²) in [6.07, 6.45) is -2.12. The van der Waals surface area contributed by atoms with Gasteiger partial charge in [-0.15, -0.1) is 0 Å². The molecule has 2 aliphatic heterocycles. The second kappa shape index (κ2) is 9.10. The third-order valence-electron chi connectivity index (χ3n) is 8.77. The summed E-state index contributed by atoms with van der Waals surface area (Å²) in [5, 5.41) is 0. The van der Waals surface area contributed by atoms with Crippen LogP contribution in [0.4, 0.5) is 17.6 Å². The molecule has 3 atom stereocenters. The summed E-state index contributed by atoms with van der Waals surface area (Å²) < 4.78 is 78.9. The number of halogens is 4. The van der Waals surface area contributed by atoms with Gasteiger partial charge < -0.3 is 4.90 Å². The fraction of sp³-hybridized carbons (Fsp3) is 0.536. The highest BCUT2D eigenvalue weighted by molar-refractivity contribution is 7.91. The van der Waals surface area contributed by atoms with Crippen LogP contribution in [0.25, 0.3) is 0 Å². The van der Waals surface area contributed by atoms with Crippen LogP contribution < -0.4 is 0 Å². The highest BCUT2D eigenvalue weighted by atomic mass is 32.2. The van der Waals surface area contributed by atoms with Crippen molar-refractivity contribution < 1.29 is 30.8 Å². The van der Waals surface area contributed by atoms with Gasteiger partial charge in [-0.2, -0.15) is 13.2 Å². The number of carbonyl (C=O) groups is 1. The Morgan fingerprint density at radius 2 is 1.70 bits per heavy atom. The van der Waals surface area contributed by atoms with Crippen LogP contribution in [0.1, 0.15) is 54.9 Å². The van der Waals surface area contributed by atoms with E-state index in [-0.39, 0.29) is 29.4 Å². The van der Waals surface area contributed by atoms with E-state index in [2.05, 4.69) is 0 Å². The van der Waals surface area contributed by atoms with E-state index in [0.29, 0.717) is 57.6 Å². The summed E-state index contributed by atoms with van der Waals surface area (Å²) in [4.78, 5) is 15.5. The Balaban J connectivity index is 1.52. The molecule has 1 aliphatic carbocycles. The summed E-state index contributed by atoms with van der Waals surface area (Å²) >= 11 is 0. The molecular weight excluding hydrogens is 506 g/mol. The quantitative estimate of drug-likeness (QED) is 0.499. The Morgan fingerprint density at radius 3 is 2.35 bits per heavy atom. The Labute approximate surface area is 215 Å². The van der Waals surface area contributed by atoms with E-state index in [1.54, 1.807) is 6.07 Å². The highest BCUT2D eigenvalue weighted by Crippen LogP contribution is 2.51. The number of benzene rings is 2. The van der Waals surface area contributed by atoms with Gasteiger partial charge in [0.1, 0.15) is 9.84 Å². The first kappa shape index (κ1) is 26.2. The summed E-state index contributed by atoms with van der Waals surface area (Å²) in [5.74, 6) is -0.324. The zero-order valence-electron chi connectivity index (χ0n) is 20.7. The maximum absolute atomic E-state index is 14.8. The second-order valence-corrected chi connectivity index (χ2v) is 13.3. The lowest BCUT2D eigenvalue weighted by atomic mass is 9.63. The molecule has 0 radical (unpaired) electrons. The number of alkyl halides is 4. The van der Waals surface area contributed by atoms with E-state index in [9.17, 15) is 30.8 Å². The van der Waals surface area contributed by atoms with Crippen LogP contribution in [0.15, 0.2) is 48.5 Å². The maximum Gasteiger partial charge on any atom is 0.426 e. The van der Waals surface area contributed by atoms with Crippen LogP contribution in [-0.2, 0) is 38.6 Å². The molecule has 0 spiro atoms. The SMILES string of the molecule is CC(F)(c1ccc2c(c1)CC[C@H]1N(C(=O)C3CCS(=O)(=O)CC3)CC[C@@]21Cc1ccccc1)C(F)(F)F. The Kier molecular flexibility index (Phi) is 6.44. The van der Waals surface area contributed by atoms with Crippen LogP contribution in [0, 0.1) is 5.92 Å². The van der Waals surface area contributed by atoms with Crippen molar-refractivity contribution in [1.82, 2.24) is 4.90 Å². The van der Waals surface area contributed by atoms with Gasteiger partial charge in [0.2, 0.25) is 11.6 Å². The van der Waals surface area contributed by atoms with Crippen molar-refractivity contribution in [3.05, 3.63) is 70.8 Å². The monoisotopic (exact) mass is 537 g/mol. The van der Waals surface area contributed by atoms with Crippen molar-refractivity contribution >= 4 is 15.7 Å². The lowest BCUT2D eigenvalue weighted by Crippen LogP contribution is -2.51. The molecule has 1 unspecified atom stereocenters. The molecule has 2 heterocycles. The van der Waals surface area contributed by atoms with Gasteiger partial charge in [0, 0.05) is 23.9 Å². The molecule has 2 aromatic rings. The number of hydrogen-bond acceptors (Lipinski definition) is 3. The molecule has 2 aromatic carbocycles. The molecule has 4 nitrogen and oxygen atoms in total. The summed E-state index contributed by atoms with van der Waals surface area (Å²) in [6.45, 7) is 1.06. The summed E-state index contributed by atoms with van der Waals surface area (Å²) in [5.41, 5.74) is -1.71. The van der Waals surface area contributed by atoms with Crippen molar-refractivity contribution in [2.45, 2.75) is 68.8 Å². The largest absolute Gasteiger partial charge is 0.426 e. The molecule has 0 saturated carbocycles. The van der Waals surface area contributed by atoms with Crippen molar-refractivity contribution in [2.24, 2.45) is 5.92 Å². The number of aryl methyl sites for hydroxylation is 1. The van der Waals surface area contributed by atoms with Crippen molar-refractivity contribution in [3.63, 3.8) is 0 Å². The number of sulfone groups is 1. The van der Waals surface area contributed by atoms with Crippen LogP contribution >= 0.6 is 0 Å². The lowest BCUT2D eigenvalue weighted by molar-refractivity contribution is -0.228. The van der Waals surface area contributed by atoms with Gasteiger partial charge in [-0.3, -0.25) is 4.79 Å². The molecule has 1 amide bonds. The first-order chi connectivity index (χ1) is 17.3. The van der Waals surface area contributed by atoms with E-state index in [0.717, 1.165) is 11.1 Å². The van der Waals surface area contributed by atoms with Gasteiger partial charge in [0.15, 0.2) is 0 Å². The topological polar surface area (TPSA) is 54.5 Å². The van der Waals surface area contributed by atoms with E-state index >= 15 is 0 Å². The van der Waals surface area contributed by atoms with Gasteiger partial charge in [-0.05, 0) is 67.7 Å². The zero-order valence-corrected chi connectivity index (χ0v) is 21.5. The van der Waals surface area contributed by atoms with Gasteiger partial charge in [-0.1, -0.05) is 48.5 Å². The Morgan fingerprint density at radius 1 is 1.03 bits per heavy atom. The van der Waals surface area contributed by atoms with Crippen molar-refractivity contribution in [2.75, 3.05) is 18.1 Å². The van der Waals surface area contributed by atoms with Crippen molar-refractivity contribution in [3.8, 4) is 0 Å². The van der Waals surface area contributed by atoms with Crippen molar-refractivity contribution in [1.29, 1.82) is 0 Å². The number of amides is 1. The first-order valence-electron chi connectivity index (χ1n) is 12.8. The predicted molar refractivity (Wildman–Crippen MR) is 133 cm³/mol. The van der Waals surface area contributed by atoms with E-state index in [1.807, 2.05) is 35.2 Å². The zero-order chi connectivity index (χ0) is 26.6. The molecule has 0 N–H and O–H groups in total. The van der Waals surface area contributed by atoms with Crippen LogP contribution in [0.5, 0.6) is 0 Å². The normalized spacial score (nSPS) is 27.3. The Hall–Kier alpha value is -2.42. The highest BCUT2D eigenvalue weighted by Gasteiger charge is 2.56. The molecule has 2 saturated heterocycles. The van der Waals surface area contributed by atoms with E-state index in [1.165, 1.54) is 12.1 Å². The molecule has 200 valence electrons. The lowest BCUT2D eigenvalue weighted by Gasteiger charge is -2.44. The molecule has 5 rings (SSSR count). The standard InChI is InChI=1S/C28H31F4NO3S/c1-26(29,28(30,31)32)22-8-9-23-21(17-22)7-10-24-27(23,18-19-5-3-2-4-6-19)13-14-33(24)25(34)20-11-15-37(35,36)16-12-20/h2-6,8-9,17,20,24H,7,10-16,18H2,1H3/t24-,26?,27-/m1/s1. The third kappa shape index (κ3) is 4.57. The van der Waals surface area contributed by atoms with Gasteiger partial charge >= 0.3 is 6.18 Å². The fourth-order valence-electron chi connectivity index (χ4n) is 6.62. The maximum atomic E-state index is 14.8. The van der Waals surface area contributed by atoms with Crippen LogP contribution in [0.3, 0.4) is 0 Å². The van der Waals surface area contributed by atoms with E-state index < -0.39 is 32.7 Å².